The molecule has 11 heavy (non-hydrogen) atoms. The number of nitrogens with two attached hydrogens (primary N) is 1. The molecular weight excluding hydrogens is 142 g/mol. The molecule has 0 amide bonds. The standard InChI is InChI=1S/C5H11N.C3H6O2/c6-5-3-1-2-4-5;1-2-5-3-4/h5H,1-4,6H2;3H,2H2,1H3. The van der Waals surface area contributed by atoms with E-state index in [1.54, 1.807) is 6.92 Å². The normalized spacial score (nSPS) is 16.9. The van der Waals surface area contributed by atoms with E-state index in [0.717, 1.165) is 0 Å². The zero-order valence-corrected chi connectivity index (χ0v) is 7.08. The SMILES string of the molecule is CCOC=O.NC1CCCC1. The van der Waals surface area contributed by atoms with Crippen LogP contribution < -0.4 is 5.73 Å². The molecule has 2 N–H and O–H groups in total. The second-order valence-corrected chi connectivity index (χ2v) is 2.60. The smallest absolute Gasteiger partial charge is 0.293 e. The first-order chi connectivity index (χ1) is 5.31. The maximum atomic E-state index is 9.18. The number of ether oxygens (including phenoxy) is 1. The van der Waals surface area contributed by atoms with Gasteiger partial charge in [-0.05, 0) is 19.8 Å². The molecule has 0 radical (unpaired) electrons. The Kier molecular flexibility index (Phi) is 7.15. The minimum Gasteiger partial charge on any atom is -0.468 e. The molecule has 1 aliphatic rings. The van der Waals surface area contributed by atoms with E-state index < -0.39 is 0 Å². The molecule has 0 bridgehead atoms. The average Bonchev–Trinajstić information content (AvgIpc) is 2.43. The molecular formula is C8H17NO2. The number of hydrogen-bond donors (Lipinski definition) is 1. The monoisotopic (exact) mass is 159 g/mol. The first-order valence-electron chi connectivity index (χ1n) is 4.12. The highest BCUT2D eigenvalue weighted by Gasteiger charge is 2.07. The summed E-state index contributed by atoms with van der Waals surface area (Å²) < 4.78 is 4.15. The lowest BCUT2D eigenvalue weighted by Gasteiger charge is -1.92. The van der Waals surface area contributed by atoms with E-state index in [4.69, 9.17) is 5.73 Å². The van der Waals surface area contributed by atoms with Crippen molar-refractivity contribution >= 4 is 6.47 Å². The van der Waals surface area contributed by atoms with Crippen LogP contribution in [0.5, 0.6) is 0 Å². The van der Waals surface area contributed by atoms with Gasteiger partial charge in [0.2, 0.25) is 0 Å². The van der Waals surface area contributed by atoms with E-state index in [2.05, 4.69) is 4.74 Å². The molecule has 3 heteroatoms. The van der Waals surface area contributed by atoms with Gasteiger partial charge in [-0.15, -0.1) is 0 Å². The summed E-state index contributed by atoms with van der Waals surface area (Å²) in [4.78, 5) is 9.18. The minimum atomic E-state index is 0.431. The molecule has 0 atom stereocenters. The fourth-order valence-electron chi connectivity index (χ4n) is 1.03. The van der Waals surface area contributed by atoms with Gasteiger partial charge in [-0.3, -0.25) is 4.79 Å². The summed E-state index contributed by atoms with van der Waals surface area (Å²) in [6, 6.07) is 0.546. The van der Waals surface area contributed by atoms with Crippen LogP contribution in [0.3, 0.4) is 0 Å². The highest BCUT2D eigenvalue weighted by molar-refractivity contribution is 5.36. The Hall–Kier alpha value is -0.570. The van der Waals surface area contributed by atoms with Crippen LogP contribution in [0, 0.1) is 0 Å². The molecule has 0 aromatic heterocycles. The quantitative estimate of drug-likeness (QED) is 0.613. The van der Waals surface area contributed by atoms with Crippen molar-refractivity contribution in [1.29, 1.82) is 0 Å². The Balaban J connectivity index is 0.000000187. The molecule has 1 aliphatic carbocycles. The highest BCUT2D eigenvalue weighted by Crippen LogP contribution is 2.14. The first-order valence-corrected chi connectivity index (χ1v) is 4.12. The molecule has 1 rings (SSSR count). The second kappa shape index (κ2) is 7.54. The van der Waals surface area contributed by atoms with Crippen LogP contribution in [0.4, 0.5) is 0 Å². The molecule has 66 valence electrons. The van der Waals surface area contributed by atoms with Crippen molar-refractivity contribution in [3.8, 4) is 0 Å². The Morgan fingerprint density at radius 1 is 1.55 bits per heavy atom. The summed E-state index contributed by atoms with van der Waals surface area (Å²) in [6.45, 7) is 2.66. The zero-order chi connectivity index (χ0) is 8.53. The molecule has 1 fully saturated rings. The first kappa shape index (κ1) is 10.4. The van der Waals surface area contributed by atoms with E-state index in [9.17, 15) is 4.79 Å². The fraction of sp³-hybridized carbons (Fsp3) is 0.875. The molecule has 0 aliphatic heterocycles. The lowest BCUT2D eigenvalue weighted by molar-refractivity contribution is -0.128. The number of hydrogen-bond acceptors (Lipinski definition) is 3. The van der Waals surface area contributed by atoms with Gasteiger partial charge in [0.05, 0.1) is 6.61 Å². The summed E-state index contributed by atoms with van der Waals surface area (Å²) in [7, 11) is 0. The summed E-state index contributed by atoms with van der Waals surface area (Å²) in [6.07, 6.45) is 5.25. The third-order valence-corrected chi connectivity index (χ3v) is 1.63. The van der Waals surface area contributed by atoms with Gasteiger partial charge in [-0.2, -0.15) is 0 Å². The maximum Gasteiger partial charge on any atom is 0.293 e. The molecule has 3 nitrogen and oxygen atoms in total. The van der Waals surface area contributed by atoms with Crippen molar-refractivity contribution in [1.82, 2.24) is 0 Å². The van der Waals surface area contributed by atoms with Gasteiger partial charge in [0.15, 0.2) is 0 Å². The number of carbonyl (C=O) groups is 1. The van der Waals surface area contributed by atoms with Crippen LogP contribution in [-0.4, -0.2) is 19.1 Å². The molecule has 0 aromatic rings. The fourth-order valence-corrected chi connectivity index (χ4v) is 1.03. The van der Waals surface area contributed by atoms with E-state index in [0.29, 0.717) is 19.1 Å². The number of carbonyl (C=O) groups excluding carboxylic acids is 1. The van der Waals surface area contributed by atoms with Gasteiger partial charge in [0, 0.05) is 6.04 Å². The predicted molar refractivity (Wildman–Crippen MR) is 44.1 cm³/mol. The third kappa shape index (κ3) is 7.33. The summed E-state index contributed by atoms with van der Waals surface area (Å²) >= 11 is 0. The van der Waals surface area contributed by atoms with Crippen LogP contribution in [0.1, 0.15) is 32.6 Å². The van der Waals surface area contributed by atoms with Gasteiger partial charge in [0.1, 0.15) is 0 Å². The topological polar surface area (TPSA) is 52.3 Å². The van der Waals surface area contributed by atoms with Crippen LogP contribution in [-0.2, 0) is 9.53 Å². The minimum absolute atomic E-state index is 0.431. The predicted octanol–water partition coefficient (Wildman–Crippen LogP) is 1.07. The average molecular weight is 159 g/mol. The van der Waals surface area contributed by atoms with Gasteiger partial charge in [-0.1, -0.05) is 12.8 Å². The van der Waals surface area contributed by atoms with Gasteiger partial charge < -0.3 is 10.5 Å². The van der Waals surface area contributed by atoms with E-state index in [1.165, 1.54) is 25.7 Å². The Morgan fingerprint density at radius 3 is 2.18 bits per heavy atom. The van der Waals surface area contributed by atoms with Crippen molar-refractivity contribution < 1.29 is 9.53 Å². The van der Waals surface area contributed by atoms with Crippen molar-refractivity contribution in [3.05, 3.63) is 0 Å². The maximum absolute atomic E-state index is 9.18. The Bertz CT molecular complexity index is 90.1. The summed E-state index contributed by atoms with van der Waals surface area (Å²) in [5.41, 5.74) is 5.53. The summed E-state index contributed by atoms with van der Waals surface area (Å²) in [5, 5.41) is 0. The van der Waals surface area contributed by atoms with Crippen molar-refractivity contribution in [2.45, 2.75) is 38.6 Å². The van der Waals surface area contributed by atoms with Crippen LogP contribution >= 0.6 is 0 Å². The number of rotatable bonds is 2. The largest absolute Gasteiger partial charge is 0.468 e. The van der Waals surface area contributed by atoms with Crippen molar-refractivity contribution in [2.24, 2.45) is 5.73 Å². The van der Waals surface area contributed by atoms with Gasteiger partial charge in [0.25, 0.3) is 6.47 Å². The van der Waals surface area contributed by atoms with Crippen molar-refractivity contribution in [3.63, 3.8) is 0 Å². The summed E-state index contributed by atoms with van der Waals surface area (Å²) in [5.74, 6) is 0. The van der Waals surface area contributed by atoms with Crippen LogP contribution in [0.2, 0.25) is 0 Å². The molecule has 0 unspecified atom stereocenters. The zero-order valence-electron chi connectivity index (χ0n) is 7.08. The van der Waals surface area contributed by atoms with Gasteiger partial charge in [-0.25, -0.2) is 0 Å². The van der Waals surface area contributed by atoms with Gasteiger partial charge >= 0.3 is 0 Å². The Morgan fingerprint density at radius 2 is 2.09 bits per heavy atom. The van der Waals surface area contributed by atoms with Crippen LogP contribution in [0.25, 0.3) is 0 Å². The van der Waals surface area contributed by atoms with E-state index in [-0.39, 0.29) is 0 Å². The highest BCUT2D eigenvalue weighted by atomic mass is 16.5. The second-order valence-electron chi connectivity index (χ2n) is 2.60. The molecule has 0 spiro atoms. The molecule has 0 aromatic carbocycles. The van der Waals surface area contributed by atoms with E-state index in [1.807, 2.05) is 0 Å². The Labute approximate surface area is 67.9 Å². The molecule has 0 saturated heterocycles. The molecule has 0 heterocycles. The van der Waals surface area contributed by atoms with Crippen LogP contribution in [0.15, 0.2) is 0 Å². The lowest BCUT2D eigenvalue weighted by Crippen LogP contribution is -2.13. The lowest BCUT2D eigenvalue weighted by atomic mass is 10.3. The third-order valence-electron chi connectivity index (χ3n) is 1.63. The van der Waals surface area contributed by atoms with E-state index >= 15 is 0 Å². The molecule has 1 saturated carbocycles. The van der Waals surface area contributed by atoms with Crippen molar-refractivity contribution in [2.75, 3.05) is 6.61 Å².